The number of hydrogen-bond acceptors (Lipinski definition) is 4. The van der Waals surface area contributed by atoms with Crippen molar-refractivity contribution in [1.82, 2.24) is 19.9 Å². The van der Waals surface area contributed by atoms with E-state index in [-0.39, 0.29) is 0 Å². The van der Waals surface area contributed by atoms with Gasteiger partial charge in [0, 0.05) is 29.1 Å². The first-order valence-electron chi connectivity index (χ1n) is 13.7. The van der Waals surface area contributed by atoms with Crippen LogP contribution in [0.4, 0.5) is 0 Å². The molecule has 0 amide bonds. The zero-order valence-corrected chi connectivity index (χ0v) is 22.4. The van der Waals surface area contributed by atoms with Crippen LogP contribution in [-0.2, 0) is 0 Å². The van der Waals surface area contributed by atoms with Gasteiger partial charge >= 0.3 is 0 Å². The van der Waals surface area contributed by atoms with E-state index in [1.807, 2.05) is 36.7 Å². The Balaban J connectivity index is 1.35. The number of aryl methyl sites for hydroxylation is 1. The second-order valence-electron chi connectivity index (χ2n) is 10.4. The Morgan fingerprint density at radius 1 is 0.415 bits per heavy atom. The van der Waals surface area contributed by atoms with Crippen molar-refractivity contribution in [3.8, 4) is 45.3 Å². The van der Waals surface area contributed by atoms with Crippen molar-refractivity contribution in [2.75, 3.05) is 0 Å². The number of pyridine rings is 1. The van der Waals surface area contributed by atoms with E-state index in [0.717, 1.165) is 38.8 Å². The van der Waals surface area contributed by atoms with Crippen molar-refractivity contribution in [3.63, 3.8) is 0 Å². The average molecular weight is 525 g/mol. The first-order chi connectivity index (χ1) is 20.2. The number of aromatic nitrogens is 4. The summed E-state index contributed by atoms with van der Waals surface area (Å²) >= 11 is 0. The van der Waals surface area contributed by atoms with Gasteiger partial charge in [-0.2, -0.15) is 0 Å². The smallest absolute Gasteiger partial charge is 0.164 e. The zero-order valence-electron chi connectivity index (χ0n) is 22.4. The lowest BCUT2D eigenvalue weighted by atomic mass is 9.92. The Labute approximate surface area is 237 Å². The van der Waals surface area contributed by atoms with Crippen molar-refractivity contribution >= 4 is 32.3 Å². The minimum Gasteiger partial charge on any atom is -0.265 e. The van der Waals surface area contributed by atoms with Crippen LogP contribution in [0.5, 0.6) is 0 Å². The van der Waals surface area contributed by atoms with Gasteiger partial charge in [0.2, 0.25) is 0 Å². The molecule has 0 N–H and O–H groups in total. The molecule has 8 aromatic rings. The second-order valence-corrected chi connectivity index (χ2v) is 10.4. The van der Waals surface area contributed by atoms with Crippen molar-refractivity contribution < 1.29 is 0 Å². The van der Waals surface area contributed by atoms with E-state index in [9.17, 15) is 0 Å². The molecule has 0 fully saturated rings. The molecule has 0 saturated carbocycles. The summed E-state index contributed by atoms with van der Waals surface area (Å²) in [5.41, 5.74) is 6.32. The molecule has 2 heterocycles. The monoisotopic (exact) mass is 524 g/mol. The van der Waals surface area contributed by atoms with Crippen molar-refractivity contribution in [2.24, 2.45) is 0 Å². The third-order valence-electron chi connectivity index (χ3n) is 7.95. The maximum atomic E-state index is 5.08. The minimum absolute atomic E-state index is 0.653. The maximum absolute atomic E-state index is 5.08. The summed E-state index contributed by atoms with van der Waals surface area (Å²) in [6.45, 7) is 2.10. The highest BCUT2D eigenvalue weighted by atomic mass is 15.0. The van der Waals surface area contributed by atoms with Gasteiger partial charge in [0.1, 0.15) is 0 Å². The fourth-order valence-electron chi connectivity index (χ4n) is 5.86. The molecule has 6 aromatic carbocycles. The lowest BCUT2D eigenvalue weighted by molar-refractivity contribution is 1.07. The first kappa shape index (κ1) is 23.4. The van der Waals surface area contributed by atoms with Gasteiger partial charge in [-0.1, -0.05) is 97.1 Å². The van der Waals surface area contributed by atoms with Gasteiger partial charge in [0.15, 0.2) is 17.5 Å². The molecule has 0 aliphatic heterocycles. The molecule has 0 aliphatic rings. The predicted molar refractivity (Wildman–Crippen MR) is 168 cm³/mol. The molecule has 2 aromatic heterocycles. The van der Waals surface area contributed by atoms with Crippen LogP contribution in [0.25, 0.3) is 77.6 Å². The summed E-state index contributed by atoms with van der Waals surface area (Å²) in [4.78, 5) is 19.3. The van der Waals surface area contributed by atoms with Gasteiger partial charge in [0.25, 0.3) is 0 Å². The molecule has 0 aliphatic carbocycles. The topological polar surface area (TPSA) is 51.6 Å². The summed E-state index contributed by atoms with van der Waals surface area (Å²) in [7, 11) is 0. The van der Waals surface area contributed by atoms with Gasteiger partial charge in [-0.15, -0.1) is 0 Å². The van der Waals surface area contributed by atoms with Crippen molar-refractivity contribution in [2.45, 2.75) is 6.92 Å². The Kier molecular flexibility index (Phi) is 5.32. The molecule has 0 radical (unpaired) electrons. The van der Waals surface area contributed by atoms with Gasteiger partial charge < -0.3 is 0 Å². The van der Waals surface area contributed by atoms with Crippen LogP contribution in [0.1, 0.15) is 5.56 Å². The summed E-state index contributed by atoms with van der Waals surface area (Å²) in [6.07, 6.45) is 3.62. The van der Waals surface area contributed by atoms with E-state index in [0.29, 0.717) is 17.5 Å². The van der Waals surface area contributed by atoms with Gasteiger partial charge in [-0.3, -0.25) is 4.98 Å². The number of rotatable bonds is 4. The van der Waals surface area contributed by atoms with Crippen LogP contribution < -0.4 is 0 Å². The van der Waals surface area contributed by atoms with E-state index < -0.39 is 0 Å². The molecule has 41 heavy (non-hydrogen) atoms. The fraction of sp³-hybridized carbons (Fsp3) is 0.0270. The SMILES string of the molecule is Cc1ccccc1-c1nc(-c2ccc(-c3ccncc3)cc2)nc(-c2ccc3ccc4cccc5ccc2c3c45)n1. The Morgan fingerprint density at radius 3 is 1.76 bits per heavy atom. The van der Waals surface area contributed by atoms with E-state index in [4.69, 9.17) is 15.0 Å². The number of nitrogens with zero attached hydrogens (tertiary/aromatic N) is 4. The molecule has 8 rings (SSSR count). The van der Waals surface area contributed by atoms with Crippen LogP contribution in [0, 0.1) is 6.92 Å². The first-order valence-corrected chi connectivity index (χ1v) is 13.7. The summed E-state index contributed by atoms with van der Waals surface area (Å²) in [5, 5.41) is 7.37. The molecule has 0 saturated heterocycles. The van der Waals surface area contributed by atoms with Crippen molar-refractivity contribution in [1.29, 1.82) is 0 Å². The summed E-state index contributed by atoms with van der Waals surface area (Å²) in [6, 6.07) is 40.3. The number of hydrogen-bond donors (Lipinski definition) is 0. The van der Waals surface area contributed by atoms with Gasteiger partial charge in [0.05, 0.1) is 0 Å². The third kappa shape index (κ3) is 3.92. The molecule has 4 heteroatoms. The van der Waals surface area contributed by atoms with Crippen LogP contribution in [-0.4, -0.2) is 19.9 Å². The molecule has 0 bridgehead atoms. The molecule has 192 valence electrons. The van der Waals surface area contributed by atoms with E-state index in [2.05, 4.69) is 103 Å². The molecule has 4 nitrogen and oxygen atoms in total. The number of benzene rings is 6. The second kappa shape index (κ2) is 9.32. The van der Waals surface area contributed by atoms with Crippen LogP contribution in [0.2, 0.25) is 0 Å². The van der Waals surface area contributed by atoms with Crippen LogP contribution in [0.3, 0.4) is 0 Å². The Morgan fingerprint density at radius 2 is 1.00 bits per heavy atom. The highest BCUT2D eigenvalue weighted by Crippen LogP contribution is 2.39. The van der Waals surface area contributed by atoms with Gasteiger partial charge in [-0.05, 0) is 74.1 Å². The highest BCUT2D eigenvalue weighted by molar-refractivity contribution is 6.25. The normalized spacial score (nSPS) is 11.5. The largest absolute Gasteiger partial charge is 0.265 e. The van der Waals surface area contributed by atoms with E-state index in [1.165, 1.54) is 26.9 Å². The fourth-order valence-corrected chi connectivity index (χ4v) is 5.86. The van der Waals surface area contributed by atoms with Crippen LogP contribution in [0.15, 0.2) is 128 Å². The quantitative estimate of drug-likeness (QED) is 0.215. The molecular weight excluding hydrogens is 500 g/mol. The summed E-state index contributed by atoms with van der Waals surface area (Å²) < 4.78 is 0. The summed E-state index contributed by atoms with van der Waals surface area (Å²) in [5.74, 6) is 2.00. The lowest BCUT2D eigenvalue weighted by Crippen LogP contribution is -2.01. The standard InChI is InChI=1S/C37H24N4/c1-23-5-2-3-8-30(23)36-39-35(29-13-9-24(10-14-29)25-19-21-38-22-20-25)40-37(41-36)32-18-16-28-12-11-26-6-4-7-27-15-17-31(32)34(28)33(26)27/h2-22H,1H3. The minimum atomic E-state index is 0.653. The lowest BCUT2D eigenvalue weighted by Gasteiger charge is -2.15. The molecule has 0 spiro atoms. The average Bonchev–Trinajstić information content (AvgIpc) is 3.04. The predicted octanol–water partition coefficient (Wildman–Crippen LogP) is 9.14. The van der Waals surface area contributed by atoms with E-state index >= 15 is 0 Å². The van der Waals surface area contributed by atoms with Gasteiger partial charge in [-0.25, -0.2) is 15.0 Å². The van der Waals surface area contributed by atoms with Crippen molar-refractivity contribution in [3.05, 3.63) is 133 Å². The van der Waals surface area contributed by atoms with Crippen LogP contribution >= 0.6 is 0 Å². The third-order valence-corrected chi connectivity index (χ3v) is 7.95. The zero-order chi connectivity index (χ0) is 27.3. The highest BCUT2D eigenvalue weighted by Gasteiger charge is 2.17. The van der Waals surface area contributed by atoms with E-state index in [1.54, 1.807) is 0 Å². The Bertz CT molecular complexity index is 2190. The molecule has 0 unspecified atom stereocenters. The Hall–Kier alpha value is -5.48. The molecular formula is C37H24N4. The molecule has 0 atom stereocenters. The maximum Gasteiger partial charge on any atom is 0.164 e.